The van der Waals surface area contributed by atoms with E-state index < -0.39 is 16.3 Å². The molecule has 8 heteroatoms. The van der Waals surface area contributed by atoms with E-state index in [0.717, 1.165) is 7.11 Å². The van der Waals surface area contributed by atoms with Crippen LogP contribution < -0.4 is 9.44 Å². The second-order valence-corrected chi connectivity index (χ2v) is 3.48. The molecule has 0 aliphatic heterocycles. The summed E-state index contributed by atoms with van der Waals surface area (Å²) in [6.07, 6.45) is -1.04. The number of carbonyl (C=O) groups is 1. The first-order chi connectivity index (χ1) is 6.02. The van der Waals surface area contributed by atoms with Gasteiger partial charge in [0, 0.05) is 13.7 Å². The van der Waals surface area contributed by atoms with Crippen molar-refractivity contribution in [2.45, 2.75) is 0 Å². The summed E-state index contributed by atoms with van der Waals surface area (Å²) in [5.74, 6) is 0. The SMILES string of the molecule is COCCNS(=O)(=O)NC(=O)OC. The van der Waals surface area contributed by atoms with Gasteiger partial charge in [-0.15, -0.1) is 0 Å². The van der Waals surface area contributed by atoms with E-state index in [9.17, 15) is 13.2 Å². The maximum Gasteiger partial charge on any atom is 0.421 e. The van der Waals surface area contributed by atoms with Crippen LogP contribution in [0.3, 0.4) is 0 Å². The molecule has 0 aromatic carbocycles. The van der Waals surface area contributed by atoms with Gasteiger partial charge in [0.15, 0.2) is 0 Å². The summed E-state index contributed by atoms with van der Waals surface area (Å²) in [5.41, 5.74) is 0. The zero-order valence-corrected chi connectivity index (χ0v) is 8.18. The molecule has 13 heavy (non-hydrogen) atoms. The second-order valence-electron chi connectivity index (χ2n) is 1.98. The van der Waals surface area contributed by atoms with Gasteiger partial charge in [-0.3, -0.25) is 0 Å². The van der Waals surface area contributed by atoms with Gasteiger partial charge in [0.05, 0.1) is 13.7 Å². The molecule has 0 saturated heterocycles. The average molecular weight is 212 g/mol. The molecular formula is C5H12N2O5S. The lowest BCUT2D eigenvalue weighted by Gasteiger charge is -2.05. The number of amides is 1. The molecule has 7 nitrogen and oxygen atoms in total. The summed E-state index contributed by atoms with van der Waals surface area (Å²) >= 11 is 0. The van der Waals surface area contributed by atoms with E-state index in [1.165, 1.54) is 7.11 Å². The molecule has 0 unspecified atom stereocenters. The molecule has 0 aromatic rings. The second kappa shape index (κ2) is 5.73. The summed E-state index contributed by atoms with van der Waals surface area (Å²) in [6, 6.07) is 0. The van der Waals surface area contributed by atoms with Gasteiger partial charge in [-0.25, -0.2) is 9.52 Å². The topological polar surface area (TPSA) is 93.7 Å². The summed E-state index contributed by atoms with van der Waals surface area (Å²) in [7, 11) is -1.32. The Hall–Kier alpha value is -0.860. The molecule has 78 valence electrons. The van der Waals surface area contributed by atoms with Crippen LogP contribution in [-0.2, 0) is 19.7 Å². The number of rotatable bonds is 5. The third-order valence-electron chi connectivity index (χ3n) is 1.00. The van der Waals surface area contributed by atoms with Crippen molar-refractivity contribution in [1.82, 2.24) is 9.44 Å². The highest BCUT2D eigenvalue weighted by Crippen LogP contribution is 1.79. The van der Waals surface area contributed by atoms with Gasteiger partial charge in [-0.1, -0.05) is 0 Å². The number of methoxy groups -OCH3 is 2. The average Bonchev–Trinajstić information content (AvgIpc) is 2.03. The van der Waals surface area contributed by atoms with Crippen molar-refractivity contribution in [3.8, 4) is 0 Å². The molecule has 0 fully saturated rings. The predicted molar refractivity (Wildman–Crippen MR) is 44.3 cm³/mol. The standard InChI is InChI=1S/C5H12N2O5S/c1-11-4-3-6-13(9,10)7-5(8)12-2/h6H,3-4H2,1-2H3,(H,7,8). The van der Waals surface area contributed by atoms with Crippen LogP contribution in [0.4, 0.5) is 4.79 Å². The highest BCUT2D eigenvalue weighted by molar-refractivity contribution is 7.88. The van der Waals surface area contributed by atoms with E-state index >= 15 is 0 Å². The highest BCUT2D eigenvalue weighted by Gasteiger charge is 2.12. The molecule has 0 rings (SSSR count). The Kier molecular flexibility index (Phi) is 5.35. The van der Waals surface area contributed by atoms with E-state index in [4.69, 9.17) is 0 Å². The van der Waals surface area contributed by atoms with Crippen molar-refractivity contribution in [3.05, 3.63) is 0 Å². The lowest BCUT2D eigenvalue weighted by molar-refractivity contribution is 0.177. The van der Waals surface area contributed by atoms with Crippen LogP contribution in [0.5, 0.6) is 0 Å². The molecule has 0 saturated carbocycles. The lowest BCUT2D eigenvalue weighted by Crippen LogP contribution is -2.41. The van der Waals surface area contributed by atoms with Crippen molar-refractivity contribution in [2.24, 2.45) is 0 Å². The summed E-state index contributed by atoms with van der Waals surface area (Å²) in [4.78, 5) is 10.5. The minimum atomic E-state index is -3.82. The van der Waals surface area contributed by atoms with Crippen molar-refractivity contribution in [1.29, 1.82) is 0 Å². The number of ether oxygens (including phenoxy) is 2. The Bertz CT molecular complexity index is 250. The van der Waals surface area contributed by atoms with Gasteiger partial charge in [0.25, 0.3) is 0 Å². The fourth-order valence-electron chi connectivity index (χ4n) is 0.466. The van der Waals surface area contributed by atoms with E-state index in [-0.39, 0.29) is 13.2 Å². The van der Waals surface area contributed by atoms with Crippen LogP contribution in [0.15, 0.2) is 0 Å². The van der Waals surface area contributed by atoms with E-state index in [0.29, 0.717) is 0 Å². The summed E-state index contributed by atoms with van der Waals surface area (Å²) in [6.45, 7) is 0.310. The van der Waals surface area contributed by atoms with Gasteiger partial charge >= 0.3 is 16.3 Å². The Morgan fingerprint density at radius 3 is 2.46 bits per heavy atom. The number of hydrogen-bond donors (Lipinski definition) is 2. The van der Waals surface area contributed by atoms with Gasteiger partial charge in [0.1, 0.15) is 0 Å². The zero-order valence-electron chi connectivity index (χ0n) is 7.36. The maximum atomic E-state index is 10.9. The monoisotopic (exact) mass is 212 g/mol. The quantitative estimate of drug-likeness (QED) is 0.560. The predicted octanol–water partition coefficient (Wildman–Crippen LogP) is -1.18. The highest BCUT2D eigenvalue weighted by atomic mass is 32.2. The first-order valence-electron chi connectivity index (χ1n) is 3.36. The summed E-state index contributed by atoms with van der Waals surface area (Å²) in [5, 5.41) is 0. The minimum absolute atomic E-state index is 0.0861. The van der Waals surface area contributed by atoms with Crippen molar-refractivity contribution >= 4 is 16.3 Å². The molecule has 0 bridgehead atoms. The van der Waals surface area contributed by atoms with E-state index in [1.54, 1.807) is 4.72 Å². The number of carbonyl (C=O) groups excluding carboxylic acids is 1. The van der Waals surface area contributed by atoms with Crippen LogP contribution in [0, 0.1) is 0 Å². The Balaban J connectivity index is 3.88. The van der Waals surface area contributed by atoms with Crippen LogP contribution in [0.25, 0.3) is 0 Å². The van der Waals surface area contributed by atoms with Crippen molar-refractivity contribution < 1.29 is 22.7 Å². The van der Waals surface area contributed by atoms with Crippen molar-refractivity contribution in [2.75, 3.05) is 27.4 Å². The van der Waals surface area contributed by atoms with Gasteiger partial charge in [-0.05, 0) is 0 Å². The number of nitrogens with one attached hydrogen (secondary N) is 2. The molecule has 0 aliphatic rings. The van der Waals surface area contributed by atoms with Gasteiger partial charge < -0.3 is 9.47 Å². The van der Waals surface area contributed by atoms with Crippen LogP contribution in [0.1, 0.15) is 0 Å². The van der Waals surface area contributed by atoms with E-state index in [1.807, 2.05) is 0 Å². The van der Waals surface area contributed by atoms with Crippen molar-refractivity contribution in [3.63, 3.8) is 0 Å². The Labute approximate surface area is 76.6 Å². The maximum absolute atomic E-state index is 10.9. The largest absolute Gasteiger partial charge is 0.452 e. The van der Waals surface area contributed by atoms with Crippen LogP contribution in [0.2, 0.25) is 0 Å². The first-order valence-corrected chi connectivity index (χ1v) is 4.84. The van der Waals surface area contributed by atoms with Crippen LogP contribution in [-0.4, -0.2) is 41.9 Å². The minimum Gasteiger partial charge on any atom is -0.452 e. The normalized spacial score (nSPS) is 10.9. The lowest BCUT2D eigenvalue weighted by atomic mass is 10.7. The third kappa shape index (κ3) is 6.31. The smallest absolute Gasteiger partial charge is 0.421 e. The molecule has 0 spiro atoms. The molecule has 1 amide bonds. The number of hydrogen-bond acceptors (Lipinski definition) is 5. The fraction of sp³-hybridized carbons (Fsp3) is 0.800. The fourth-order valence-corrected chi connectivity index (χ4v) is 1.19. The molecule has 0 radical (unpaired) electrons. The molecule has 0 heterocycles. The Morgan fingerprint density at radius 1 is 1.38 bits per heavy atom. The summed E-state index contributed by atoms with van der Waals surface area (Å²) < 4.78 is 34.2. The Morgan fingerprint density at radius 2 is 2.00 bits per heavy atom. The molecule has 0 aliphatic carbocycles. The van der Waals surface area contributed by atoms with Crippen LogP contribution >= 0.6 is 0 Å². The zero-order chi connectivity index (χ0) is 10.3. The van der Waals surface area contributed by atoms with Gasteiger partial charge in [-0.2, -0.15) is 13.1 Å². The molecule has 2 N–H and O–H groups in total. The molecule has 0 aromatic heterocycles. The van der Waals surface area contributed by atoms with Gasteiger partial charge in [0.2, 0.25) is 0 Å². The first kappa shape index (κ1) is 12.1. The third-order valence-corrected chi connectivity index (χ3v) is 2.02. The molecule has 0 atom stereocenters. The molecular weight excluding hydrogens is 200 g/mol. The van der Waals surface area contributed by atoms with E-state index in [2.05, 4.69) is 14.2 Å².